The minimum Gasteiger partial charge on any atom is -0.344 e. The fourth-order valence-corrected chi connectivity index (χ4v) is 5.41. The van der Waals surface area contributed by atoms with Crippen LogP contribution >= 0.6 is 0 Å². The summed E-state index contributed by atoms with van der Waals surface area (Å²) in [7, 11) is 2.17. The Balaban J connectivity index is 1.72. The molecule has 0 bridgehead atoms. The first-order valence-corrected chi connectivity index (χ1v) is 11.4. The molecule has 0 aliphatic heterocycles. The molecule has 0 aliphatic carbocycles. The second kappa shape index (κ2) is 6.85. The van der Waals surface area contributed by atoms with Crippen molar-refractivity contribution in [1.82, 2.24) is 9.13 Å². The number of fused-ring (bicyclic) bond motifs is 6. The van der Waals surface area contributed by atoms with Gasteiger partial charge in [0.2, 0.25) is 0 Å². The molecule has 0 atom stereocenters. The lowest BCUT2D eigenvalue weighted by molar-refractivity contribution is 1.01. The van der Waals surface area contributed by atoms with Crippen molar-refractivity contribution >= 4 is 43.6 Å². The third-order valence-electron chi connectivity index (χ3n) is 6.92. The van der Waals surface area contributed by atoms with E-state index in [-0.39, 0.29) is 0 Å². The molecule has 0 amide bonds. The minimum absolute atomic E-state index is 1.18. The van der Waals surface area contributed by atoms with Crippen molar-refractivity contribution in [2.24, 2.45) is 7.05 Å². The number of benzene rings is 5. The third kappa shape index (κ3) is 2.55. The summed E-state index contributed by atoms with van der Waals surface area (Å²) in [6.07, 6.45) is 0. The maximum absolute atomic E-state index is 2.43. The molecule has 0 spiro atoms. The molecule has 2 aromatic heterocycles. The van der Waals surface area contributed by atoms with Gasteiger partial charge in [-0.2, -0.15) is 0 Å². The van der Waals surface area contributed by atoms with Gasteiger partial charge in [0, 0.05) is 45.4 Å². The summed E-state index contributed by atoms with van der Waals surface area (Å²) >= 11 is 0. The van der Waals surface area contributed by atoms with Crippen LogP contribution in [0.15, 0.2) is 115 Å². The molecular formula is C31H22N2. The molecule has 0 fully saturated rings. The number of para-hydroxylation sites is 3. The highest BCUT2D eigenvalue weighted by atomic mass is 15.0. The van der Waals surface area contributed by atoms with E-state index in [1.807, 2.05) is 0 Å². The van der Waals surface area contributed by atoms with Gasteiger partial charge in [0.25, 0.3) is 0 Å². The first kappa shape index (κ1) is 18.3. The zero-order valence-electron chi connectivity index (χ0n) is 18.4. The molecule has 0 radical (unpaired) electrons. The molecular weight excluding hydrogens is 400 g/mol. The van der Waals surface area contributed by atoms with Crippen LogP contribution in [0.3, 0.4) is 0 Å². The summed E-state index contributed by atoms with van der Waals surface area (Å²) in [6, 6.07) is 41.6. The van der Waals surface area contributed by atoms with Crippen LogP contribution in [-0.4, -0.2) is 9.13 Å². The molecule has 7 rings (SSSR count). The average molecular weight is 423 g/mol. The van der Waals surface area contributed by atoms with E-state index >= 15 is 0 Å². The largest absolute Gasteiger partial charge is 0.344 e. The molecule has 0 saturated heterocycles. The second-order valence-electron chi connectivity index (χ2n) is 8.70. The maximum atomic E-state index is 2.43. The van der Waals surface area contributed by atoms with Crippen LogP contribution in [-0.2, 0) is 7.05 Å². The number of hydrogen-bond acceptors (Lipinski definition) is 0. The van der Waals surface area contributed by atoms with Gasteiger partial charge in [-0.25, -0.2) is 0 Å². The smallest absolute Gasteiger partial charge is 0.0619 e. The Labute approximate surface area is 191 Å². The van der Waals surface area contributed by atoms with Gasteiger partial charge in [0.1, 0.15) is 0 Å². The molecule has 2 heterocycles. The fourth-order valence-electron chi connectivity index (χ4n) is 5.41. The van der Waals surface area contributed by atoms with Crippen molar-refractivity contribution in [3.05, 3.63) is 115 Å². The molecule has 2 heteroatoms. The van der Waals surface area contributed by atoms with Crippen LogP contribution in [0.25, 0.3) is 60.4 Å². The Kier molecular flexibility index (Phi) is 3.80. The van der Waals surface area contributed by atoms with Gasteiger partial charge in [-0.1, -0.05) is 84.9 Å². The summed E-state index contributed by atoms with van der Waals surface area (Å²) in [6.45, 7) is 0. The van der Waals surface area contributed by atoms with E-state index in [4.69, 9.17) is 0 Å². The zero-order valence-corrected chi connectivity index (χ0v) is 18.4. The molecule has 5 aromatic carbocycles. The monoisotopic (exact) mass is 422 g/mol. The number of hydrogen-bond donors (Lipinski definition) is 0. The highest BCUT2D eigenvalue weighted by Crippen LogP contribution is 2.41. The van der Waals surface area contributed by atoms with Crippen LogP contribution in [0.1, 0.15) is 0 Å². The molecule has 0 N–H and O–H groups in total. The molecule has 156 valence electrons. The molecule has 0 aliphatic rings. The van der Waals surface area contributed by atoms with Crippen molar-refractivity contribution in [3.8, 4) is 16.8 Å². The molecule has 7 aromatic rings. The molecule has 33 heavy (non-hydrogen) atoms. The molecule has 2 nitrogen and oxygen atoms in total. The van der Waals surface area contributed by atoms with Crippen molar-refractivity contribution in [2.45, 2.75) is 0 Å². The first-order valence-electron chi connectivity index (χ1n) is 11.4. The number of aryl methyl sites for hydroxylation is 1. The van der Waals surface area contributed by atoms with E-state index in [1.165, 1.54) is 60.4 Å². The normalized spacial score (nSPS) is 11.8. The Hall–Kier alpha value is -4.30. The SMILES string of the molecule is Cn1c2ccccc2c2cc3c4cccc(-c5ccccc5)c4n(-c4ccccc4)c3cc21. The summed E-state index contributed by atoms with van der Waals surface area (Å²) in [5.41, 5.74) is 8.67. The molecule has 0 saturated carbocycles. The van der Waals surface area contributed by atoms with Crippen LogP contribution in [0.4, 0.5) is 0 Å². The topological polar surface area (TPSA) is 9.86 Å². The molecule has 0 unspecified atom stereocenters. The second-order valence-corrected chi connectivity index (χ2v) is 8.70. The van der Waals surface area contributed by atoms with Gasteiger partial charge in [0.05, 0.1) is 16.6 Å². The van der Waals surface area contributed by atoms with Gasteiger partial charge in [0.15, 0.2) is 0 Å². The van der Waals surface area contributed by atoms with E-state index in [0.29, 0.717) is 0 Å². The first-order chi connectivity index (χ1) is 16.3. The highest BCUT2D eigenvalue weighted by molar-refractivity contribution is 6.20. The van der Waals surface area contributed by atoms with E-state index < -0.39 is 0 Å². The number of rotatable bonds is 2. The summed E-state index contributed by atoms with van der Waals surface area (Å²) < 4.78 is 4.75. The Bertz CT molecular complexity index is 1800. The number of aromatic nitrogens is 2. The van der Waals surface area contributed by atoms with Gasteiger partial charge < -0.3 is 9.13 Å². The van der Waals surface area contributed by atoms with Gasteiger partial charge in [-0.3, -0.25) is 0 Å². The standard InChI is InChI=1S/C31H22N2/c1-32-28-18-9-8-15-24(28)26-19-27-25-17-10-16-23(21-11-4-2-5-12-21)31(25)33(30(27)20-29(26)32)22-13-6-3-7-14-22/h2-20H,1H3. The Morgan fingerprint density at radius 2 is 1.15 bits per heavy atom. The predicted molar refractivity (Wildman–Crippen MR) is 140 cm³/mol. The summed E-state index contributed by atoms with van der Waals surface area (Å²) in [5.74, 6) is 0. The van der Waals surface area contributed by atoms with Crippen LogP contribution in [0, 0.1) is 0 Å². The van der Waals surface area contributed by atoms with Gasteiger partial charge in [-0.05, 0) is 35.9 Å². The highest BCUT2D eigenvalue weighted by Gasteiger charge is 2.19. The zero-order chi connectivity index (χ0) is 21.9. The van der Waals surface area contributed by atoms with Crippen molar-refractivity contribution < 1.29 is 0 Å². The van der Waals surface area contributed by atoms with E-state index in [9.17, 15) is 0 Å². The van der Waals surface area contributed by atoms with Crippen molar-refractivity contribution in [3.63, 3.8) is 0 Å². The van der Waals surface area contributed by atoms with E-state index in [2.05, 4.69) is 131 Å². The van der Waals surface area contributed by atoms with E-state index in [0.717, 1.165) is 0 Å². The minimum atomic E-state index is 1.18. The predicted octanol–water partition coefficient (Wildman–Crippen LogP) is 8.10. The quantitative estimate of drug-likeness (QED) is 0.266. The maximum Gasteiger partial charge on any atom is 0.0619 e. The fraction of sp³-hybridized carbons (Fsp3) is 0.0323. The van der Waals surface area contributed by atoms with E-state index in [1.54, 1.807) is 0 Å². The lowest BCUT2D eigenvalue weighted by atomic mass is 10.0. The van der Waals surface area contributed by atoms with Crippen LogP contribution in [0.2, 0.25) is 0 Å². The average Bonchev–Trinajstić information content (AvgIpc) is 3.36. The van der Waals surface area contributed by atoms with Crippen molar-refractivity contribution in [1.29, 1.82) is 0 Å². The van der Waals surface area contributed by atoms with Crippen LogP contribution < -0.4 is 0 Å². The van der Waals surface area contributed by atoms with Gasteiger partial charge in [-0.15, -0.1) is 0 Å². The van der Waals surface area contributed by atoms with Crippen LogP contribution in [0.5, 0.6) is 0 Å². The lowest BCUT2D eigenvalue weighted by Crippen LogP contribution is -1.95. The Morgan fingerprint density at radius 1 is 0.485 bits per heavy atom. The van der Waals surface area contributed by atoms with Crippen molar-refractivity contribution in [2.75, 3.05) is 0 Å². The Morgan fingerprint density at radius 3 is 1.97 bits per heavy atom. The number of nitrogens with zero attached hydrogens (tertiary/aromatic N) is 2. The summed E-state index contributed by atoms with van der Waals surface area (Å²) in [4.78, 5) is 0. The van der Waals surface area contributed by atoms with Gasteiger partial charge >= 0.3 is 0 Å². The third-order valence-corrected chi connectivity index (χ3v) is 6.92. The summed E-state index contributed by atoms with van der Waals surface area (Å²) in [5, 5.41) is 5.18. The lowest BCUT2D eigenvalue weighted by Gasteiger charge is -2.11.